The van der Waals surface area contributed by atoms with Gasteiger partial charge in [-0.2, -0.15) is 0 Å². The van der Waals surface area contributed by atoms with Gasteiger partial charge < -0.3 is 14.6 Å². The van der Waals surface area contributed by atoms with Crippen LogP contribution in [0.5, 0.6) is 0 Å². The lowest BCUT2D eigenvalue weighted by atomic mass is 9.96. The van der Waals surface area contributed by atoms with E-state index in [0.717, 1.165) is 10.9 Å². The predicted molar refractivity (Wildman–Crippen MR) is 75.6 cm³/mol. The van der Waals surface area contributed by atoms with Gasteiger partial charge >= 0.3 is 17.9 Å². The van der Waals surface area contributed by atoms with E-state index in [-0.39, 0.29) is 11.1 Å². The maximum Gasteiger partial charge on any atom is 0.346 e. The summed E-state index contributed by atoms with van der Waals surface area (Å²) in [6.45, 7) is 1.17. The fourth-order valence-corrected chi connectivity index (χ4v) is 2.55. The third-order valence-electron chi connectivity index (χ3n) is 3.62. The van der Waals surface area contributed by atoms with Crippen LogP contribution in [0.4, 0.5) is 0 Å². The molecule has 0 aliphatic carbocycles. The Labute approximate surface area is 125 Å². The van der Waals surface area contributed by atoms with Crippen molar-refractivity contribution in [3.8, 4) is 0 Å². The second-order valence-corrected chi connectivity index (χ2v) is 4.85. The molecule has 2 aromatic rings. The van der Waals surface area contributed by atoms with Gasteiger partial charge in [-0.1, -0.05) is 13.0 Å². The predicted octanol–water partition coefficient (Wildman–Crippen LogP) is 1.82. The second kappa shape index (κ2) is 5.23. The van der Waals surface area contributed by atoms with E-state index in [0.29, 0.717) is 17.4 Å². The number of esters is 3. The van der Waals surface area contributed by atoms with Crippen molar-refractivity contribution >= 4 is 28.7 Å². The van der Waals surface area contributed by atoms with Crippen LogP contribution in [0.15, 0.2) is 24.3 Å². The van der Waals surface area contributed by atoms with E-state index in [1.165, 1.54) is 6.07 Å². The van der Waals surface area contributed by atoms with Gasteiger partial charge in [0.1, 0.15) is 0 Å². The number of carbonyl (C=O) groups excluding carboxylic acids is 3. The zero-order valence-corrected chi connectivity index (χ0v) is 11.7. The minimum atomic E-state index is -0.703. The van der Waals surface area contributed by atoms with Crippen molar-refractivity contribution in [2.45, 2.75) is 13.3 Å². The van der Waals surface area contributed by atoms with Gasteiger partial charge in [0.2, 0.25) is 0 Å². The number of cyclic esters (lactones) is 2. The minimum Gasteiger partial charge on any atom is -0.435 e. The first-order chi connectivity index (χ1) is 10.5. The molecule has 0 radical (unpaired) electrons. The quantitative estimate of drug-likeness (QED) is 0.528. The Morgan fingerprint density at radius 3 is 2.23 bits per heavy atom. The first kappa shape index (κ1) is 14.2. The normalized spacial score (nSPS) is 13.2. The molecule has 0 saturated heterocycles. The number of fused-ring (bicyclic) bond motifs is 2. The van der Waals surface area contributed by atoms with E-state index >= 15 is 0 Å². The molecule has 22 heavy (non-hydrogen) atoms. The van der Waals surface area contributed by atoms with Gasteiger partial charge in [-0.25, -0.2) is 14.4 Å². The highest BCUT2D eigenvalue weighted by molar-refractivity contribution is 6.17. The van der Waals surface area contributed by atoms with Gasteiger partial charge in [0.05, 0.1) is 16.7 Å². The minimum absolute atomic E-state index is 0.184. The zero-order chi connectivity index (χ0) is 15.9. The fraction of sp³-hybridized carbons (Fsp3) is 0.188. The highest BCUT2D eigenvalue weighted by atomic mass is 16.6. The van der Waals surface area contributed by atoms with Crippen molar-refractivity contribution in [1.29, 1.82) is 0 Å². The molecule has 0 saturated carbocycles. The van der Waals surface area contributed by atoms with Crippen molar-refractivity contribution in [3.63, 3.8) is 0 Å². The molecule has 3 rings (SSSR count). The molecule has 112 valence electrons. The standard InChI is InChI=1S/C16H12O6/c1-2-8-3-9-5-12-13(16(20)22-15(12)19)6-10(9)4-11(8)14(18)21-7-17/h3-6,17H,2,7H2,1H3. The Balaban J connectivity index is 2.22. The lowest BCUT2D eigenvalue weighted by Gasteiger charge is -2.09. The lowest BCUT2D eigenvalue weighted by Crippen LogP contribution is -2.09. The highest BCUT2D eigenvalue weighted by Crippen LogP contribution is 2.29. The number of aliphatic hydroxyl groups excluding tert-OH is 1. The van der Waals surface area contributed by atoms with Crippen LogP contribution in [-0.4, -0.2) is 29.8 Å². The molecule has 0 fully saturated rings. The van der Waals surface area contributed by atoms with E-state index in [1.54, 1.807) is 18.2 Å². The largest absolute Gasteiger partial charge is 0.435 e. The van der Waals surface area contributed by atoms with Crippen LogP contribution in [0.1, 0.15) is 43.6 Å². The molecule has 1 aliphatic rings. The molecular weight excluding hydrogens is 288 g/mol. The number of aliphatic hydroxyl groups is 1. The van der Waals surface area contributed by atoms with Gasteiger partial charge in [0, 0.05) is 0 Å². The summed E-state index contributed by atoms with van der Waals surface area (Å²) in [7, 11) is 0. The summed E-state index contributed by atoms with van der Waals surface area (Å²) in [4.78, 5) is 35.1. The number of hydrogen-bond acceptors (Lipinski definition) is 6. The Hall–Kier alpha value is -2.73. The molecule has 0 amide bonds. The molecule has 0 atom stereocenters. The summed E-state index contributed by atoms with van der Waals surface area (Å²) >= 11 is 0. The average molecular weight is 300 g/mol. The molecule has 0 aromatic heterocycles. The Morgan fingerprint density at radius 1 is 1.09 bits per heavy atom. The van der Waals surface area contributed by atoms with Gasteiger partial charge in [-0.15, -0.1) is 0 Å². The summed E-state index contributed by atoms with van der Waals surface area (Å²) in [6.07, 6.45) is 0.576. The van der Waals surface area contributed by atoms with Crippen molar-refractivity contribution in [3.05, 3.63) is 46.5 Å². The van der Waals surface area contributed by atoms with Crippen LogP contribution < -0.4 is 0 Å². The van der Waals surface area contributed by atoms with E-state index in [1.807, 2.05) is 6.92 Å². The lowest BCUT2D eigenvalue weighted by molar-refractivity contribution is 0.00670. The molecule has 0 spiro atoms. The number of rotatable bonds is 3. The number of ether oxygens (including phenoxy) is 2. The molecule has 1 heterocycles. The Morgan fingerprint density at radius 2 is 1.68 bits per heavy atom. The molecule has 0 unspecified atom stereocenters. The van der Waals surface area contributed by atoms with Crippen molar-refractivity contribution < 1.29 is 29.0 Å². The summed E-state index contributed by atoms with van der Waals surface area (Å²) < 4.78 is 9.19. The number of benzene rings is 2. The van der Waals surface area contributed by atoms with Crippen molar-refractivity contribution in [1.82, 2.24) is 0 Å². The van der Waals surface area contributed by atoms with E-state index in [4.69, 9.17) is 5.11 Å². The second-order valence-electron chi connectivity index (χ2n) is 4.85. The maximum absolute atomic E-state index is 11.9. The van der Waals surface area contributed by atoms with Gasteiger partial charge in [0.25, 0.3) is 0 Å². The monoisotopic (exact) mass is 300 g/mol. The molecule has 1 aliphatic heterocycles. The topological polar surface area (TPSA) is 89.9 Å². The van der Waals surface area contributed by atoms with Crippen LogP contribution in [0.2, 0.25) is 0 Å². The van der Waals surface area contributed by atoms with Crippen LogP contribution in [0.25, 0.3) is 10.8 Å². The number of carbonyl (C=O) groups is 3. The first-order valence-electron chi connectivity index (χ1n) is 6.70. The number of aryl methyl sites for hydroxylation is 1. The van der Waals surface area contributed by atoms with Gasteiger partial charge in [-0.3, -0.25) is 0 Å². The number of hydrogen-bond donors (Lipinski definition) is 1. The van der Waals surface area contributed by atoms with Crippen LogP contribution >= 0.6 is 0 Å². The Kier molecular flexibility index (Phi) is 3.38. The zero-order valence-electron chi connectivity index (χ0n) is 11.7. The fourth-order valence-electron chi connectivity index (χ4n) is 2.55. The summed E-state index contributed by atoms with van der Waals surface area (Å²) in [5.74, 6) is -2.00. The van der Waals surface area contributed by atoms with E-state index < -0.39 is 24.7 Å². The smallest absolute Gasteiger partial charge is 0.346 e. The van der Waals surface area contributed by atoms with Crippen LogP contribution in [0, 0.1) is 0 Å². The molecule has 0 bridgehead atoms. The molecular formula is C16H12O6. The first-order valence-corrected chi connectivity index (χ1v) is 6.70. The third kappa shape index (κ3) is 2.14. The SMILES string of the molecule is CCc1cc2cc3c(cc2cc1C(=O)OCO)C(=O)OC3=O. The third-order valence-corrected chi connectivity index (χ3v) is 3.62. The van der Waals surface area contributed by atoms with Crippen molar-refractivity contribution in [2.75, 3.05) is 6.79 Å². The summed E-state index contributed by atoms with van der Waals surface area (Å²) in [5.41, 5.74) is 1.46. The summed E-state index contributed by atoms with van der Waals surface area (Å²) in [5, 5.41) is 10.1. The molecule has 1 N–H and O–H groups in total. The van der Waals surface area contributed by atoms with E-state index in [2.05, 4.69) is 9.47 Å². The molecule has 6 heteroatoms. The average Bonchev–Trinajstić information content (AvgIpc) is 2.78. The van der Waals surface area contributed by atoms with Gasteiger partial charge in [-0.05, 0) is 41.0 Å². The van der Waals surface area contributed by atoms with Crippen LogP contribution in [-0.2, 0) is 15.9 Å². The molecule has 2 aromatic carbocycles. The summed E-state index contributed by atoms with van der Waals surface area (Å²) in [6, 6.07) is 6.45. The van der Waals surface area contributed by atoms with Crippen LogP contribution in [0.3, 0.4) is 0 Å². The Bertz CT molecular complexity index is 821. The van der Waals surface area contributed by atoms with Crippen molar-refractivity contribution in [2.24, 2.45) is 0 Å². The molecule has 6 nitrogen and oxygen atoms in total. The highest BCUT2D eigenvalue weighted by Gasteiger charge is 2.30. The maximum atomic E-state index is 11.9. The van der Waals surface area contributed by atoms with Gasteiger partial charge in [0.15, 0.2) is 6.79 Å². The van der Waals surface area contributed by atoms with E-state index in [9.17, 15) is 14.4 Å².